The Balaban J connectivity index is 1.83. The van der Waals surface area contributed by atoms with Crippen molar-refractivity contribution in [2.24, 2.45) is 10.2 Å². The number of phenols is 1. The fourth-order valence-corrected chi connectivity index (χ4v) is 2.71. The summed E-state index contributed by atoms with van der Waals surface area (Å²) in [6.07, 6.45) is 1.55. The highest BCUT2D eigenvalue weighted by molar-refractivity contribution is 7.07. The van der Waals surface area contributed by atoms with Crippen LogP contribution in [0.3, 0.4) is 0 Å². The first-order valence-electron chi connectivity index (χ1n) is 6.83. The zero-order valence-corrected chi connectivity index (χ0v) is 12.8. The van der Waals surface area contributed by atoms with Crippen molar-refractivity contribution in [3.8, 4) is 17.0 Å². The van der Waals surface area contributed by atoms with Crippen molar-refractivity contribution >= 4 is 17.6 Å². The van der Waals surface area contributed by atoms with Crippen molar-refractivity contribution in [1.82, 2.24) is 4.98 Å². The van der Waals surface area contributed by atoms with Gasteiger partial charge in [-0.25, -0.2) is 0 Å². The van der Waals surface area contributed by atoms with Crippen molar-refractivity contribution in [3.05, 3.63) is 69.8 Å². The molecule has 0 aliphatic rings. The monoisotopic (exact) mass is 309 g/mol. The Morgan fingerprint density at radius 3 is 2.73 bits per heavy atom. The van der Waals surface area contributed by atoms with Crippen LogP contribution in [0.25, 0.3) is 11.3 Å². The summed E-state index contributed by atoms with van der Waals surface area (Å²) in [5.41, 5.74) is 3.60. The van der Waals surface area contributed by atoms with Crippen LogP contribution in [0.1, 0.15) is 11.1 Å². The Bertz CT molecular complexity index is 863. The lowest BCUT2D eigenvalue weighted by molar-refractivity contribution is 0.470. The van der Waals surface area contributed by atoms with Gasteiger partial charge in [-0.1, -0.05) is 42.5 Å². The number of thiazole rings is 1. The van der Waals surface area contributed by atoms with E-state index in [0.717, 1.165) is 16.8 Å². The SMILES string of the molecule is Cc1cccc(/C=N/N=c2/[nH]c(-c3ccccc3)cs2)c1O. The number of rotatable bonds is 3. The first-order valence-corrected chi connectivity index (χ1v) is 7.71. The summed E-state index contributed by atoms with van der Waals surface area (Å²) in [5, 5.41) is 20.1. The molecule has 5 heteroatoms. The third-order valence-corrected chi connectivity index (χ3v) is 3.99. The Kier molecular flexibility index (Phi) is 4.16. The molecule has 0 saturated carbocycles. The Labute approximate surface area is 132 Å². The summed E-state index contributed by atoms with van der Waals surface area (Å²) in [7, 11) is 0. The van der Waals surface area contributed by atoms with Crippen LogP contribution >= 0.6 is 11.3 Å². The van der Waals surface area contributed by atoms with E-state index in [1.165, 1.54) is 11.3 Å². The van der Waals surface area contributed by atoms with Crippen LogP contribution in [-0.4, -0.2) is 16.3 Å². The fourth-order valence-electron chi connectivity index (χ4n) is 2.02. The second-order valence-electron chi connectivity index (χ2n) is 4.80. The van der Waals surface area contributed by atoms with Crippen molar-refractivity contribution < 1.29 is 5.11 Å². The molecular formula is C17H15N3OS. The van der Waals surface area contributed by atoms with E-state index in [-0.39, 0.29) is 5.75 Å². The zero-order chi connectivity index (χ0) is 15.4. The number of H-pyrrole nitrogens is 1. The molecule has 0 saturated heterocycles. The summed E-state index contributed by atoms with van der Waals surface area (Å²) >= 11 is 1.49. The van der Waals surface area contributed by atoms with Crippen molar-refractivity contribution in [3.63, 3.8) is 0 Å². The predicted molar refractivity (Wildman–Crippen MR) is 90.1 cm³/mol. The number of para-hydroxylation sites is 1. The number of phenolic OH excluding ortho intramolecular Hbond substituents is 1. The molecule has 0 spiro atoms. The number of hydrogen-bond donors (Lipinski definition) is 2. The maximum atomic E-state index is 9.91. The molecule has 0 atom stereocenters. The standard InChI is InChI=1S/C17H15N3OS/c1-12-6-5-9-14(16(12)21)10-18-20-17-19-15(11-22-17)13-7-3-2-4-8-13/h2-11,21H,1H3,(H,19,20)/b18-10+. The van der Waals surface area contributed by atoms with Gasteiger partial charge >= 0.3 is 0 Å². The maximum absolute atomic E-state index is 9.91. The minimum absolute atomic E-state index is 0.238. The number of aryl methyl sites for hydroxylation is 1. The van der Waals surface area contributed by atoms with E-state index in [2.05, 4.69) is 15.2 Å². The summed E-state index contributed by atoms with van der Waals surface area (Å²) in [6, 6.07) is 15.6. The molecule has 0 unspecified atom stereocenters. The number of nitrogens with zero attached hydrogens (tertiary/aromatic N) is 2. The summed E-state index contributed by atoms with van der Waals surface area (Å²) < 4.78 is 0. The lowest BCUT2D eigenvalue weighted by Crippen LogP contribution is -1.96. The van der Waals surface area contributed by atoms with Gasteiger partial charge in [0.15, 0.2) is 0 Å². The Hall–Kier alpha value is -2.66. The molecule has 0 amide bonds. The predicted octanol–water partition coefficient (Wildman–Crippen LogP) is 3.69. The number of aromatic nitrogens is 1. The largest absolute Gasteiger partial charge is 0.507 e. The van der Waals surface area contributed by atoms with Crippen LogP contribution in [0.2, 0.25) is 0 Å². The average Bonchev–Trinajstić information content (AvgIpc) is 3.01. The van der Waals surface area contributed by atoms with E-state index >= 15 is 0 Å². The number of aromatic hydroxyl groups is 1. The number of hydrogen-bond acceptors (Lipinski definition) is 4. The van der Waals surface area contributed by atoms with Gasteiger partial charge < -0.3 is 10.1 Å². The van der Waals surface area contributed by atoms with Crippen LogP contribution in [0.4, 0.5) is 0 Å². The van der Waals surface area contributed by atoms with E-state index in [9.17, 15) is 5.11 Å². The molecule has 4 nitrogen and oxygen atoms in total. The highest BCUT2D eigenvalue weighted by atomic mass is 32.1. The van der Waals surface area contributed by atoms with E-state index < -0.39 is 0 Å². The third kappa shape index (κ3) is 3.15. The van der Waals surface area contributed by atoms with Crippen LogP contribution in [0, 0.1) is 6.92 Å². The summed E-state index contributed by atoms with van der Waals surface area (Å²) in [5.74, 6) is 0.238. The van der Waals surface area contributed by atoms with E-state index in [4.69, 9.17) is 0 Å². The third-order valence-electron chi connectivity index (χ3n) is 3.23. The quantitative estimate of drug-likeness (QED) is 0.562. The van der Waals surface area contributed by atoms with Gasteiger partial charge in [0.1, 0.15) is 5.75 Å². The van der Waals surface area contributed by atoms with Crippen molar-refractivity contribution in [1.29, 1.82) is 0 Å². The number of aromatic amines is 1. The molecule has 0 bridgehead atoms. The highest BCUT2D eigenvalue weighted by Gasteiger charge is 2.00. The van der Waals surface area contributed by atoms with Gasteiger partial charge in [0.2, 0.25) is 4.80 Å². The average molecular weight is 309 g/mol. The van der Waals surface area contributed by atoms with Crippen molar-refractivity contribution in [2.45, 2.75) is 6.92 Å². The molecule has 0 fully saturated rings. The van der Waals surface area contributed by atoms with E-state index in [1.807, 2.05) is 54.8 Å². The topological polar surface area (TPSA) is 60.7 Å². The molecule has 110 valence electrons. The van der Waals surface area contributed by atoms with Crippen molar-refractivity contribution in [2.75, 3.05) is 0 Å². The molecule has 0 radical (unpaired) electrons. The second kappa shape index (κ2) is 6.41. The fraction of sp³-hybridized carbons (Fsp3) is 0.0588. The molecule has 1 aromatic heterocycles. The highest BCUT2D eigenvalue weighted by Crippen LogP contribution is 2.19. The molecule has 0 aliphatic carbocycles. The van der Waals surface area contributed by atoms with Crippen LogP contribution in [0.5, 0.6) is 5.75 Å². The minimum atomic E-state index is 0.238. The molecular weight excluding hydrogens is 294 g/mol. The molecule has 22 heavy (non-hydrogen) atoms. The second-order valence-corrected chi connectivity index (χ2v) is 5.66. The maximum Gasteiger partial charge on any atom is 0.208 e. The Morgan fingerprint density at radius 2 is 1.91 bits per heavy atom. The van der Waals surface area contributed by atoms with E-state index in [1.54, 1.807) is 12.3 Å². The summed E-state index contributed by atoms with van der Waals surface area (Å²) in [6.45, 7) is 1.85. The normalized spacial score (nSPS) is 12.1. The van der Waals surface area contributed by atoms with Gasteiger partial charge in [0.25, 0.3) is 0 Å². The number of benzene rings is 2. The molecule has 2 aromatic carbocycles. The lowest BCUT2D eigenvalue weighted by Gasteiger charge is -2.00. The van der Waals surface area contributed by atoms with Gasteiger partial charge in [0, 0.05) is 10.9 Å². The van der Waals surface area contributed by atoms with Gasteiger partial charge in [-0.05, 0) is 24.1 Å². The van der Waals surface area contributed by atoms with Crippen LogP contribution in [-0.2, 0) is 0 Å². The van der Waals surface area contributed by atoms with Crippen LogP contribution in [0.15, 0.2) is 64.1 Å². The zero-order valence-electron chi connectivity index (χ0n) is 12.0. The first-order chi connectivity index (χ1) is 10.7. The molecule has 1 heterocycles. The first kappa shape index (κ1) is 14.3. The smallest absolute Gasteiger partial charge is 0.208 e. The Morgan fingerprint density at radius 1 is 1.09 bits per heavy atom. The molecule has 0 aliphatic heterocycles. The van der Waals surface area contributed by atoms with Gasteiger partial charge in [0.05, 0.1) is 11.9 Å². The molecule has 3 rings (SSSR count). The van der Waals surface area contributed by atoms with Crippen LogP contribution < -0.4 is 4.80 Å². The van der Waals surface area contributed by atoms with E-state index in [0.29, 0.717) is 10.4 Å². The molecule has 3 aromatic rings. The number of nitrogens with one attached hydrogen (secondary N) is 1. The van der Waals surface area contributed by atoms with Gasteiger partial charge in [-0.3, -0.25) is 0 Å². The van der Waals surface area contributed by atoms with Gasteiger partial charge in [-0.2, -0.15) is 5.10 Å². The lowest BCUT2D eigenvalue weighted by atomic mass is 10.1. The minimum Gasteiger partial charge on any atom is -0.507 e. The molecule has 2 N–H and O–H groups in total. The summed E-state index contributed by atoms with van der Waals surface area (Å²) in [4.78, 5) is 3.93. The van der Waals surface area contributed by atoms with Gasteiger partial charge in [-0.15, -0.1) is 16.4 Å².